The van der Waals surface area contributed by atoms with Crippen LogP contribution in [0.5, 0.6) is 0 Å². The Hall–Kier alpha value is -1.52. The van der Waals surface area contributed by atoms with Crippen LogP contribution in [0, 0.1) is 12.2 Å². The molecule has 22 heavy (non-hydrogen) atoms. The molecule has 0 aromatic carbocycles. The zero-order valence-electron chi connectivity index (χ0n) is 13.2. The summed E-state index contributed by atoms with van der Waals surface area (Å²) in [4.78, 5) is 22.0. The van der Waals surface area contributed by atoms with Crippen molar-refractivity contribution in [2.45, 2.75) is 39.5 Å². The molecule has 0 aromatic rings. The van der Waals surface area contributed by atoms with Gasteiger partial charge in [0.05, 0.1) is 0 Å². The van der Waals surface area contributed by atoms with E-state index in [4.69, 9.17) is 10.2 Å². The summed E-state index contributed by atoms with van der Waals surface area (Å²) in [7, 11) is 0. The van der Waals surface area contributed by atoms with Crippen molar-refractivity contribution in [2.24, 2.45) is 0 Å². The van der Waals surface area contributed by atoms with E-state index >= 15 is 0 Å². The molecule has 2 N–H and O–H groups in total. The molecule has 2 rings (SSSR count). The molecule has 0 spiro atoms. The Balaban J connectivity index is -0.000000211. The summed E-state index contributed by atoms with van der Waals surface area (Å²) in [6.45, 7) is 3.20. The van der Waals surface area contributed by atoms with Gasteiger partial charge in [-0.15, -0.1) is 12.8 Å². The van der Waals surface area contributed by atoms with Gasteiger partial charge in [0, 0.05) is 12.8 Å². The van der Waals surface area contributed by atoms with Crippen molar-refractivity contribution >= 4 is 16.8 Å². The van der Waals surface area contributed by atoms with Crippen LogP contribution in [-0.4, -0.2) is 27.0 Å². The van der Waals surface area contributed by atoms with Gasteiger partial charge in [0.15, 0.2) is 0 Å². The molecule has 2 aliphatic carbocycles. The summed E-state index contributed by atoms with van der Waals surface area (Å²) in [5.74, 6) is -1.49. The van der Waals surface area contributed by atoms with Gasteiger partial charge in [0.25, 0.3) is 0 Å². The summed E-state index contributed by atoms with van der Waals surface area (Å²) in [5, 5.41) is 15.4. The first-order valence-electron chi connectivity index (χ1n) is 6.76. The van der Waals surface area contributed by atoms with Crippen LogP contribution in [-0.2, 0) is 29.6 Å². The van der Waals surface area contributed by atoms with Gasteiger partial charge in [-0.05, 0) is 0 Å². The first-order chi connectivity index (χ1) is 10.5. The second-order valence-corrected chi connectivity index (χ2v) is 3.50. The zero-order chi connectivity index (χ0) is 17.6. The normalized spacial score (nSPS) is 11.6. The Morgan fingerprint density at radius 1 is 0.955 bits per heavy atom. The topological polar surface area (TPSA) is 74.6 Å². The summed E-state index contributed by atoms with van der Waals surface area (Å²) in [5.41, 5.74) is 0. The van der Waals surface area contributed by atoms with Gasteiger partial charge in [-0.3, -0.25) is 21.7 Å². The molecule has 5 heteroatoms. The molecule has 2 aliphatic rings. The van der Waals surface area contributed by atoms with Crippen LogP contribution in [0.15, 0.2) is 36.5 Å². The number of hydrogen-bond acceptors (Lipinski definition) is 2. The van der Waals surface area contributed by atoms with E-state index in [2.05, 4.69) is 29.1 Å². The van der Waals surface area contributed by atoms with Crippen LogP contribution in [0.3, 0.4) is 0 Å². The second-order valence-electron chi connectivity index (χ2n) is 3.50. The molecule has 0 saturated carbocycles. The van der Waals surface area contributed by atoms with Crippen molar-refractivity contribution < 1.29 is 39.8 Å². The van der Waals surface area contributed by atoms with Crippen molar-refractivity contribution in [3.8, 4) is 0 Å². The second kappa shape index (κ2) is 24.5. The summed E-state index contributed by atoms with van der Waals surface area (Å²) in [6.07, 6.45) is 20.4. The number of hydrogen-bond donors (Lipinski definition) is 2. The number of carboxylic acid groups (broad SMARTS) is 2. The van der Waals surface area contributed by atoms with Crippen molar-refractivity contribution in [3.63, 3.8) is 0 Å². The molecule has 120 valence electrons. The number of carbonyl (C=O) groups is 2. The molecular weight excluding hydrogens is 316 g/mol. The van der Waals surface area contributed by atoms with Crippen molar-refractivity contribution in [3.05, 3.63) is 48.6 Å². The molecule has 0 atom stereocenters. The molecule has 0 amide bonds. The van der Waals surface area contributed by atoms with Gasteiger partial charge in [0.2, 0.25) is 0 Å². The third-order valence-electron chi connectivity index (χ3n) is 1.78. The Morgan fingerprint density at radius 3 is 1.27 bits per heavy atom. The van der Waals surface area contributed by atoms with Gasteiger partial charge in [-0.1, -0.05) is 13.8 Å². The number of carboxylic acids is 2. The third-order valence-corrected chi connectivity index (χ3v) is 1.78. The van der Waals surface area contributed by atoms with Crippen LogP contribution in [0.1, 0.15) is 39.5 Å². The van der Waals surface area contributed by atoms with Gasteiger partial charge in [-0.25, -0.2) is 24.3 Å². The molecule has 0 aromatic heterocycles. The number of aliphatic carboxylic acids is 2. The molecule has 0 radical (unpaired) electrons. The number of rotatable bonds is 2. The van der Waals surface area contributed by atoms with Gasteiger partial charge in [0.1, 0.15) is 0 Å². The Bertz CT molecular complexity index is 326. The van der Waals surface area contributed by atoms with Gasteiger partial charge < -0.3 is 10.2 Å². The maximum absolute atomic E-state index is 9.37. The average molecular weight is 340 g/mol. The van der Waals surface area contributed by atoms with Crippen molar-refractivity contribution in [1.29, 1.82) is 0 Å². The predicted octanol–water partition coefficient (Wildman–Crippen LogP) is 3.54. The third kappa shape index (κ3) is 36.3. The van der Waals surface area contributed by atoms with Crippen molar-refractivity contribution in [2.75, 3.05) is 0 Å². The van der Waals surface area contributed by atoms with Gasteiger partial charge >= 0.3 is 36.7 Å². The minimum absolute atomic E-state index is 0.222. The Labute approximate surface area is 144 Å². The fraction of sp³-hybridized carbons (Fsp3) is 0.353. The Morgan fingerprint density at radius 2 is 1.23 bits per heavy atom. The first kappa shape index (κ1) is 25.4. The maximum atomic E-state index is 9.37. The average Bonchev–Trinajstić information content (AvgIpc) is 3.27. The van der Waals surface area contributed by atoms with Crippen molar-refractivity contribution in [1.82, 2.24) is 0 Å². The fourth-order valence-corrected chi connectivity index (χ4v) is 0.680. The van der Waals surface area contributed by atoms with E-state index < -0.39 is 11.9 Å². The monoisotopic (exact) mass is 340 g/mol. The standard InChI is InChI=1S/2C5H5.2C3H6O2.CH2.Ti/c2*1-2-4-5-3-1;2*1-2-3(4)5;;/h2*1-3H,4H2;2*2H2,1H3,(H,4,5);1H2;/q2*-1;;;;+2. The summed E-state index contributed by atoms with van der Waals surface area (Å²) >= 11 is 1.75. The van der Waals surface area contributed by atoms with E-state index in [0.29, 0.717) is 0 Å². The molecule has 4 nitrogen and oxygen atoms in total. The summed E-state index contributed by atoms with van der Waals surface area (Å²) in [6, 6.07) is 0. The number of allylic oxidation sites excluding steroid dienone is 8. The summed E-state index contributed by atoms with van der Waals surface area (Å²) < 4.78 is 0. The Kier molecular flexibility index (Phi) is 28.3. The van der Waals surface area contributed by atoms with Crippen LogP contribution in [0.4, 0.5) is 0 Å². The zero-order valence-corrected chi connectivity index (χ0v) is 14.8. The first-order valence-corrected chi connectivity index (χ1v) is 7.87. The van der Waals surface area contributed by atoms with Crippen LogP contribution in [0.2, 0.25) is 0 Å². The van der Waals surface area contributed by atoms with E-state index in [1.165, 1.54) is 0 Å². The van der Waals surface area contributed by atoms with E-state index in [0.717, 1.165) is 12.8 Å². The minimum atomic E-state index is -0.745. The van der Waals surface area contributed by atoms with Crippen LogP contribution in [0.25, 0.3) is 0 Å². The molecule has 0 heterocycles. The molecular formula is C17H24O4Ti. The van der Waals surface area contributed by atoms with E-state index in [9.17, 15) is 9.59 Å². The SMILES string of the molecule is CCC(=O)O.CCC(=O)O.[C-]1=CC=CC1.[C-]1=CC=CC1.[CH2]=[Ti+2]. The molecule has 0 bridgehead atoms. The fourth-order valence-electron chi connectivity index (χ4n) is 0.680. The van der Waals surface area contributed by atoms with Crippen LogP contribution < -0.4 is 0 Å². The predicted molar refractivity (Wildman–Crippen MR) is 86.1 cm³/mol. The quantitative estimate of drug-likeness (QED) is 0.596. The van der Waals surface area contributed by atoms with E-state index in [1.807, 2.05) is 24.3 Å². The van der Waals surface area contributed by atoms with Gasteiger partial charge in [-0.2, -0.15) is 12.2 Å². The molecule has 0 unspecified atom stereocenters. The molecule has 0 fully saturated rings. The molecule has 0 aliphatic heterocycles. The van der Waals surface area contributed by atoms with E-state index in [-0.39, 0.29) is 12.8 Å². The molecule has 0 saturated heterocycles. The van der Waals surface area contributed by atoms with E-state index in [1.54, 1.807) is 33.8 Å². The van der Waals surface area contributed by atoms with Crippen LogP contribution >= 0.6 is 0 Å².